The number of aromatic hydroxyl groups is 2. The van der Waals surface area contributed by atoms with Crippen molar-refractivity contribution in [2.45, 2.75) is 27.2 Å². The Balaban J connectivity index is 1.38. The number of phenolic OH excluding ortho intramolecular Hbond substituents is 2. The summed E-state index contributed by atoms with van der Waals surface area (Å²) in [6, 6.07) is 8.75. The molecule has 0 bridgehead atoms. The highest BCUT2D eigenvalue weighted by molar-refractivity contribution is 5.91. The molecule has 2 N–H and O–H groups in total. The molecule has 0 unspecified atom stereocenters. The first kappa shape index (κ1) is 49.9. The zero-order valence-corrected chi connectivity index (χ0v) is 37.0. The Kier molecular flexibility index (Phi) is 19.6. The molecule has 0 aliphatic rings. The van der Waals surface area contributed by atoms with Crippen molar-refractivity contribution >= 4 is 34.2 Å². The van der Waals surface area contributed by atoms with Crippen molar-refractivity contribution in [1.82, 2.24) is 29.9 Å². The van der Waals surface area contributed by atoms with Gasteiger partial charge in [-0.3, -0.25) is 9.59 Å². The Morgan fingerprint density at radius 3 is 1.26 bits per heavy atom. The third-order valence-electron chi connectivity index (χ3n) is 8.62. The van der Waals surface area contributed by atoms with Crippen molar-refractivity contribution in [3.8, 4) is 45.8 Å². The Hall–Kier alpha value is -8.78. The molecule has 0 aliphatic heterocycles. The number of esters is 2. The summed E-state index contributed by atoms with van der Waals surface area (Å²) >= 11 is 0. The van der Waals surface area contributed by atoms with Crippen LogP contribution in [0.2, 0.25) is 0 Å². The number of nitrogens with zero attached hydrogens (tertiary/aromatic N) is 6. The van der Waals surface area contributed by atoms with E-state index in [4.69, 9.17) is 18.9 Å². The molecule has 4 aromatic rings. The lowest BCUT2D eigenvalue weighted by molar-refractivity contribution is -0.161. The third-order valence-corrected chi connectivity index (χ3v) is 8.62. The lowest BCUT2D eigenvalue weighted by Gasteiger charge is -2.12. The maximum absolute atomic E-state index is 12.4. The number of allylic oxidation sites excluding steroid dienone is 21. The molecule has 4 rings (SSSR count). The molecule has 66 heavy (non-hydrogen) atoms. The van der Waals surface area contributed by atoms with Crippen molar-refractivity contribution in [3.63, 3.8) is 0 Å². The third kappa shape index (κ3) is 14.4. The number of hydrogen-bond acceptors (Lipinski definition) is 14. The van der Waals surface area contributed by atoms with Gasteiger partial charge in [-0.05, 0) is 45.0 Å². The van der Waals surface area contributed by atoms with Crippen LogP contribution in [0.5, 0.6) is 23.0 Å². The van der Waals surface area contributed by atoms with Gasteiger partial charge in [-0.15, -0.1) is 0 Å². The lowest BCUT2D eigenvalue weighted by atomic mass is 10.1. The molecule has 0 spiro atoms. The van der Waals surface area contributed by atoms with E-state index in [1.165, 1.54) is 30.3 Å². The first-order valence-electron chi connectivity index (χ1n) is 20.3. The first-order valence-corrected chi connectivity index (χ1v) is 20.3. The van der Waals surface area contributed by atoms with E-state index in [9.17, 15) is 19.8 Å². The summed E-state index contributed by atoms with van der Waals surface area (Å²) in [7, 11) is 0. The van der Waals surface area contributed by atoms with Gasteiger partial charge >= 0.3 is 11.9 Å². The van der Waals surface area contributed by atoms with Gasteiger partial charge in [0.1, 0.15) is 29.4 Å². The maximum Gasteiger partial charge on any atom is 0.320 e. The van der Waals surface area contributed by atoms with Crippen molar-refractivity contribution in [2.75, 3.05) is 13.6 Å². The normalized spacial score (nSPS) is 12.4. The molecule has 0 saturated carbocycles. The highest BCUT2D eigenvalue weighted by Crippen LogP contribution is 2.34. The molecule has 0 atom stereocenters. The number of ether oxygens (including phenoxy) is 4. The monoisotopic (exact) mass is 886 g/mol. The van der Waals surface area contributed by atoms with E-state index >= 15 is 0 Å². The second kappa shape index (κ2) is 26.0. The standard InChI is InChI=1S/C52H50N6O8/c1-9-17-24-35(16-8)47-53-48(36(19-11-3)20-12-4)56-51(55-47)41-28-26-39(30-43(41)59)63-33-65-45(61)32-46(62)66-34-64-40-27-29-42(44(60)31-40)52-57-49(37(21-13-5)22-14-6)54-50(58-52)38(23-15-7)25-18-10-2/h9-31,59-60H,1-3,5,7,32-34H2,4,6,8H3/b20-12-,22-14-,24-17-,25-18-,35-16+,36-19+,37-21+,38-23+. The van der Waals surface area contributed by atoms with Crippen LogP contribution in [-0.2, 0) is 19.1 Å². The largest absolute Gasteiger partial charge is 0.507 e. The molecule has 0 aliphatic carbocycles. The zero-order valence-electron chi connectivity index (χ0n) is 37.0. The highest BCUT2D eigenvalue weighted by atomic mass is 16.7. The molecule has 0 fully saturated rings. The fourth-order valence-corrected chi connectivity index (χ4v) is 5.63. The van der Waals surface area contributed by atoms with E-state index in [0.717, 1.165) is 0 Å². The van der Waals surface area contributed by atoms with E-state index < -0.39 is 31.9 Å². The number of carbonyl (C=O) groups is 2. The predicted molar refractivity (Wildman–Crippen MR) is 258 cm³/mol. The van der Waals surface area contributed by atoms with Crippen molar-refractivity contribution in [1.29, 1.82) is 0 Å². The Labute approximate surface area is 384 Å². The lowest BCUT2D eigenvalue weighted by Crippen LogP contribution is -2.18. The van der Waals surface area contributed by atoms with Gasteiger partial charge in [0.15, 0.2) is 34.9 Å². The minimum absolute atomic E-state index is 0.147. The van der Waals surface area contributed by atoms with E-state index in [0.29, 0.717) is 45.6 Å². The molecule has 2 heterocycles. The van der Waals surface area contributed by atoms with Crippen LogP contribution in [0.1, 0.15) is 50.5 Å². The molecule has 14 nitrogen and oxygen atoms in total. The molecule has 2 aromatic heterocycles. The fraction of sp³-hybridized carbons (Fsp3) is 0.115. The summed E-state index contributed by atoms with van der Waals surface area (Å²) in [6.07, 6.45) is 28.8. The molecule has 0 amide bonds. The van der Waals surface area contributed by atoms with Gasteiger partial charge in [-0.2, -0.15) is 0 Å². The molecule has 14 heteroatoms. The van der Waals surface area contributed by atoms with E-state index in [1.807, 2.05) is 51.2 Å². The molecule has 336 valence electrons. The van der Waals surface area contributed by atoms with Crippen LogP contribution in [-0.4, -0.2) is 65.6 Å². The maximum atomic E-state index is 12.4. The van der Waals surface area contributed by atoms with Crippen LogP contribution < -0.4 is 9.47 Å². The predicted octanol–water partition coefficient (Wildman–Crippen LogP) is 10.4. The highest BCUT2D eigenvalue weighted by Gasteiger charge is 2.19. The number of rotatable bonds is 23. The Morgan fingerprint density at radius 1 is 0.530 bits per heavy atom. The summed E-state index contributed by atoms with van der Waals surface area (Å²) in [5.74, 6) is -0.316. The summed E-state index contributed by atoms with van der Waals surface area (Å²) in [5, 5.41) is 22.1. The van der Waals surface area contributed by atoms with Gasteiger partial charge < -0.3 is 29.2 Å². The van der Waals surface area contributed by atoms with Crippen LogP contribution in [0.3, 0.4) is 0 Å². The smallest absolute Gasteiger partial charge is 0.320 e. The van der Waals surface area contributed by atoms with Gasteiger partial charge in [0.2, 0.25) is 13.6 Å². The van der Waals surface area contributed by atoms with E-state index in [2.05, 4.69) is 62.8 Å². The van der Waals surface area contributed by atoms with Gasteiger partial charge in [-0.25, -0.2) is 29.9 Å². The van der Waals surface area contributed by atoms with Crippen molar-refractivity contribution in [2.24, 2.45) is 0 Å². The molecular weight excluding hydrogens is 837 g/mol. The van der Waals surface area contributed by atoms with E-state index in [-0.39, 0.29) is 45.8 Å². The number of hydrogen-bond donors (Lipinski definition) is 2. The van der Waals surface area contributed by atoms with Crippen LogP contribution in [0, 0.1) is 0 Å². The number of aromatic nitrogens is 6. The molecule has 0 radical (unpaired) electrons. The number of benzene rings is 2. The second-order valence-electron chi connectivity index (χ2n) is 13.2. The van der Waals surface area contributed by atoms with Gasteiger partial charge in [0.05, 0.1) is 11.1 Å². The molecule has 0 saturated heterocycles. The fourth-order valence-electron chi connectivity index (χ4n) is 5.63. The first-order chi connectivity index (χ1) is 32.0. The SMILES string of the molecule is C=C/C=C\C(=C/C)c1nc(C(/C=C\C)=C/C=C)nc(-c2ccc(OCOC(=O)CC(=O)OCOc3ccc(-c4nc(C(/C=C\C)=C/C=C)nc(C(/C=C\C=C)=C/C=C)n4)c(O)c3)cc2O)n1. The average Bonchev–Trinajstić information content (AvgIpc) is 3.30. The second-order valence-corrected chi connectivity index (χ2v) is 13.2. The van der Waals surface area contributed by atoms with Crippen LogP contribution >= 0.6 is 0 Å². The quantitative estimate of drug-likeness (QED) is 0.0310. The van der Waals surface area contributed by atoms with Crippen LogP contribution in [0.25, 0.3) is 45.1 Å². The van der Waals surface area contributed by atoms with Gasteiger partial charge in [-0.1, -0.05) is 136 Å². The minimum Gasteiger partial charge on any atom is -0.507 e. The number of carbonyl (C=O) groups excluding carboxylic acids is 2. The average molecular weight is 887 g/mol. The van der Waals surface area contributed by atoms with Crippen LogP contribution in [0.15, 0.2) is 173 Å². The van der Waals surface area contributed by atoms with Crippen LogP contribution in [0.4, 0.5) is 0 Å². The van der Waals surface area contributed by atoms with Crippen molar-refractivity contribution in [3.05, 3.63) is 196 Å². The van der Waals surface area contributed by atoms with Crippen molar-refractivity contribution < 1.29 is 38.7 Å². The minimum atomic E-state index is -0.941. The summed E-state index contributed by atoms with van der Waals surface area (Å²) in [6.45, 7) is 23.2. The number of phenols is 2. The van der Waals surface area contributed by atoms with Gasteiger partial charge in [0, 0.05) is 34.4 Å². The van der Waals surface area contributed by atoms with Gasteiger partial charge in [0.25, 0.3) is 0 Å². The topological polar surface area (TPSA) is 189 Å². The Bertz CT molecular complexity index is 2720. The summed E-state index contributed by atoms with van der Waals surface area (Å²) < 4.78 is 21.1. The summed E-state index contributed by atoms with van der Waals surface area (Å²) in [5.41, 5.74) is 3.19. The molecule has 2 aromatic carbocycles. The molecular formula is C52H50N6O8. The Morgan fingerprint density at radius 2 is 0.909 bits per heavy atom. The summed E-state index contributed by atoms with van der Waals surface area (Å²) in [4.78, 5) is 52.7. The van der Waals surface area contributed by atoms with E-state index in [1.54, 1.807) is 79.0 Å². The zero-order chi connectivity index (χ0) is 47.8.